The largest absolute Gasteiger partial charge is 0.460 e. The fourth-order valence-corrected chi connectivity index (χ4v) is 1.65. The molecule has 0 aromatic carbocycles. The third kappa shape index (κ3) is 4.58. The zero-order valence-electron chi connectivity index (χ0n) is 10.9. The van der Waals surface area contributed by atoms with Crippen molar-refractivity contribution in [3.8, 4) is 0 Å². The number of carbonyl (C=O) groups is 2. The van der Waals surface area contributed by atoms with Gasteiger partial charge in [0.15, 0.2) is 0 Å². The number of carbonyl (C=O) groups excluding carboxylic acids is 2. The SMILES string of the molecule is CC(C)(C)OC(=O)CC1(C(=O)NCC(F)F)CC1. The van der Waals surface area contributed by atoms with Crippen molar-refractivity contribution in [1.82, 2.24) is 5.32 Å². The molecule has 0 radical (unpaired) electrons. The van der Waals surface area contributed by atoms with E-state index in [9.17, 15) is 18.4 Å². The molecule has 1 saturated carbocycles. The van der Waals surface area contributed by atoms with Gasteiger partial charge in [0.2, 0.25) is 5.91 Å². The Morgan fingerprint density at radius 3 is 2.28 bits per heavy atom. The topological polar surface area (TPSA) is 55.4 Å². The van der Waals surface area contributed by atoms with E-state index in [0.29, 0.717) is 12.8 Å². The van der Waals surface area contributed by atoms with Gasteiger partial charge in [0, 0.05) is 0 Å². The third-order valence-corrected chi connectivity index (χ3v) is 2.65. The Labute approximate surface area is 105 Å². The molecule has 6 heteroatoms. The van der Waals surface area contributed by atoms with Gasteiger partial charge in [0.1, 0.15) is 5.60 Å². The van der Waals surface area contributed by atoms with Gasteiger partial charge >= 0.3 is 5.97 Å². The van der Waals surface area contributed by atoms with E-state index in [1.165, 1.54) is 0 Å². The zero-order valence-corrected chi connectivity index (χ0v) is 10.9. The summed E-state index contributed by atoms with van der Waals surface area (Å²) in [5, 5.41) is 2.16. The number of nitrogens with one attached hydrogen (secondary N) is 1. The van der Waals surface area contributed by atoms with Gasteiger partial charge in [-0.1, -0.05) is 0 Å². The normalized spacial score (nSPS) is 17.4. The first-order valence-corrected chi connectivity index (χ1v) is 5.93. The molecule has 4 nitrogen and oxygen atoms in total. The summed E-state index contributed by atoms with van der Waals surface area (Å²) >= 11 is 0. The maximum absolute atomic E-state index is 12.0. The van der Waals surface area contributed by atoms with Crippen LogP contribution in [-0.2, 0) is 14.3 Å². The smallest absolute Gasteiger partial charge is 0.307 e. The van der Waals surface area contributed by atoms with E-state index in [-0.39, 0.29) is 6.42 Å². The summed E-state index contributed by atoms with van der Waals surface area (Å²) in [6.07, 6.45) is -1.53. The van der Waals surface area contributed by atoms with E-state index in [4.69, 9.17) is 4.74 Å². The summed E-state index contributed by atoms with van der Waals surface area (Å²) in [6, 6.07) is 0. The fourth-order valence-electron chi connectivity index (χ4n) is 1.65. The van der Waals surface area contributed by atoms with Gasteiger partial charge in [-0.3, -0.25) is 9.59 Å². The minimum Gasteiger partial charge on any atom is -0.460 e. The Hall–Kier alpha value is -1.20. The molecule has 1 N–H and O–H groups in total. The van der Waals surface area contributed by atoms with Gasteiger partial charge in [0.05, 0.1) is 18.4 Å². The Morgan fingerprint density at radius 2 is 1.89 bits per heavy atom. The van der Waals surface area contributed by atoms with Gasteiger partial charge in [0.25, 0.3) is 6.43 Å². The monoisotopic (exact) mass is 263 g/mol. The second kappa shape index (κ2) is 5.20. The molecule has 1 aliphatic rings. The second-order valence-corrected chi connectivity index (χ2v) is 5.64. The van der Waals surface area contributed by atoms with Gasteiger partial charge < -0.3 is 10.1 Å². The summed E-state index contributed by atoms with van der Waals surface area (Å²) in [7, 11) is 0. The molecule has 1 amide bonds. The summed E-state index contributed by atoms with van der Waals surface area (Å²) < 4.78 is 29.1. The Kier molecular flexibility index (Phi) is 4.29. The van der Waals surface area contributed by atoms with E-state index >= 15 is 0 Å². The molecule has 1 rings (SSSR count). The summed E-state index contributed by atoms with van der Waals surface area (Å²) in [5.74, 6) is -0.944. The molecule has 0 unspecified atom stereocenters. The second-order valence-electron chi connectivity index (χ2n) is 5.64. The lowest BCUT2D eigenvalue weighted by molar-refractivity contribution is -0.158. The fraction of sp³-hybridized carbons (Fsp3) is 0.833. The van der Waals surface area contributed by atoms with Crippen LogP contribution >= 0.6 is 0 Å². The molecule has 0 heterocycles. The highest BCUT2D eigenvalue weighted by Crippen LogP contribution is 2.49. The van der Waals surface area contributed by atoms with Crippen molar-refractivity contribution >= 4 is 11.9 Å². The predicted octanol–water partition coefficient (Wildman–Crippen LogP) is 1.88. The van der Waals surface area contributed by atoms with Crippen LogP contribution in [0.5, 0.6) is 0 Å². The summed E-state index contributed by atoms with van der Waals surface area (Å²) in [5.41, 5.74) is -1.43. The van der Waals surface area contributed by atoms with Crippen LogP contribution in [-0.4, -0.2) is 30.4 Å². The van der Waals surface area contributed by atoms with Crippen molar-refractivity contribution in [1.29, 1.82) is 0 Å². The Morgan fingerprint density at radius 1 is 1.33 bits per heavy atom. The molecule has 0 spiro atoms. The molecule has 104 valence electrons. The molecule has 0 atom stereocenters. The van der Waals surface area contributed by atoms with Crippen molar-refractivity contribution in [3.63, 3.8) is 0 Å². The molecule has 0 saturated heterocycles. The molecule has 0 aromatic rings. The number of amides is 1. The Balaban J connectivity index is 2.45. The van der Waals surface area contributed by atoms with Crippen molar-refractivity contribution < 1.29 is 23.1 Å². The number of esters is 1. The molecule has 18 heavy (non-hydrogen) atoms. The highest BCUT2D eigenvalue weighted by atomic mass is 19.3. The number of halogens is 2. The van der Waals surface area contributed by atoms with Crippen LogP contribution in [0.15, 0.2) is 0 Å². The van der Waals surface area contributed by atoms with Gasteiger partial charge in [-0.05, 0) is 33.6 Å². The lowest BCUT2D eigenvalue weighted by atomic mass is 10.0. The molecule has 1 aliphatic carbocycles. The molecule has 0 aliphatic heterocycles. The lowest BCUT2D eigenvalue weighted by Crippen LogP contribution is -2.37. The average molecular weight is 263 g/mol. The van der Waals surface area contributed by atoms with Crippen LogP contribution < -0.4 is 5.32 Å². The lowest BCUT2D eigenvalue weighted by Gasteiger charge is -2.21. The maximum Gasteiger partial charge on any atom is 0.307 e. The van der Waals surface area contributed by atoms with Crippen LogP contribution in [0.25, 0.3) is 0 Å². The first kappa shape index (κ1) is 14.9. The van der Waals surface area contributed by atoms with Gasteiger partial charge in [-0.25, -0.2) is 8.78 Å². The number of alkyl halides is 2. The number of hydrogen-bond acceptors (Lipinski definition) is 3. The summed E-state index contributed by atoms with van der Waals surface area (Å²) in [4.78, 5) is 23.3. The predicted molar refractivity (Wildman–Crippen MR) is 61.1 cm³/mol. The van der Waals surface area contributed by atoms with E-state index in [0.717, 1.165) is 0 Å². The quantitative estimate of drug-likeness (QED) is 0.770. The van der Waals surface area contributed by atoms with E-state index in [1.54, 1.807) is 20.8 Å². The van der Waals surface area contributed by atoms with Crippen molar-refractivity contribution in [2.75, 3.05) is 6.54 Å². The number of ether oxygens (including phenoxy) is 1. The highest BCUT2D eigenvalue weighted by Gasteiger charge is 2.51. The highest BCUT2D eigenvalue weighted by molar-refractivity contribution is 5.89. The van der Waals surface area contributed by atoms with Gasteiger partial charge in [-0.2, -0.15) is 0 Å². The first-order chi connectivity index (χ1) is 8.15. The van der Waals surface area contributed by atoms with E-state index in [1.807, 2.05) is 0 Å². The van der Waals surface area contributed by atoms with Crippen LogP contribution in [0.1, 0.15) is 40.0 Å². The van der Waals surface area contributed by atoms with Crippen molar-refractivity contribution in [2.45, 2.75) is 52.1 Å². The molecular weight excluding hydrogens is 244 g/mol. The van der Waals surface area contributed by atoms with Crippen molar-refractivity contribution in [3.05, 3.63) is 0 Å². The molecule has 0 bridgehead atoms. The molecule has 1 fully saturated rings. The molecule has 0 aromatic heterocycles. The van der Waals surface area contributed by atoms with Gasteiger partial charge in [-0.15, -0.1) is 0 Å². The minimum absolute atomic E-state index is 0.0423. The zero-order chi connectivity index (χ0) is 14.0. The van der Waals surface area contributed by atoms with Crippen LogP contribution in [0, 0.1) is 5.41 Å². The average Bonchev–Trinajstić information content (AvgIpc) is 2.91. The standard InChI is InChI=1S/C12H19F2NO3/c1-11(2,3)18-9(16)6-12(4-5-12)10(17)15-7-8(13)14/h8H,4-7H2,1-3H3,(H,15,17). The number of hydrogen-bond donors (Lipinski definition) is 1. The van der Waals surface area contributed by atoms with Crippen LogP contribution in [0.3, 0.4) is 0 Å². The minimum atomic E-state index is -2.58. The first-order valence-electron chi connectivity index (χ1n) is 5.93. The van der Waals surface area contributed by atoms with Crippen molar-refractivity contribution in [2.24, 2.45) is 5.41 Å². The molecular formula is C12H19F2NO3. The third-order valence-electron chi connectivity index (χ3n) is 2.65. The summed E-state index contributed by atoms with van der Waals surface area (Å²) in [6.45, 7) is 4.54. The Bertz CT molecular complexity index is 333. The number of rotatable bonds is 5. The van der Waals surface area contributed by atoms with Crippen LogP contribution in [0.2, 0.25) is 0 Å². The maximum atomic E-state index is 12.0. The van der Waals surface area contributed by atoms with Crippen LogP contribution in [0.4, 0.5) is 8.78 Å². The van der Waals surface area contributed by atoms with E-state index < -0.39 is 35.9 Å². The van der Waals surface area contributed by atoms with E-state index in [2.05, 4.69) is 5.32 Å².